The molecule has 15 heavy (non-hydrogen) atoms. The van der Waals surface area contributed by atoms with Crippen LogP contribution in [0.15, 0.2) is 5.03 Å². The van der Waals surface area contributed by atoms with E-state index >= 15 is 0 Å². The predicted molar refractivity (Wildman–Crippen MR) is 60.8 cm³/mol. The average Bonchev–Trinajstić information content (AvgIpc) is 2.17. The van der Waals surface area contributed by atoms with Gasteiger partial charge in [-0.15, -0.1) is 0 Å². The lowest BCUT2D eigenvalue weighted by molar-refractivity contribution is 0.117. The molecule has 0 saturated carbocycles. The molecule has 0 bridgehead atoms. The largest absolute Gasteiger partial charge is 0.368 e. The number of hydrogen-bond donors (Lipinski definition) is 1. The van der Waals surface area contributed by atoms with Gasteiger partial charge in [-0.3, -0.25) is 0 Å². The smallest absolute Gasteiger partial charge is 0.221 e. The van der Waals surface area contributed by atoms with Crippen LogP contribution in [0.5, 0.6) is 0 Å². The first-order valence-corrected chi connectivity index (χ1v) is 6.00. The number of hydrogen-bond acceptors (Lipinski definition) is 5. The minimum Gasteiger partial charge on any atom is -0.368 e. The summed E-state index contributed by atoms with van der Waals surface area (Å²) in [5, 5.41) is 0.990. The fraction of sp³-hybridized carbons (Fsp3) is 0.600. The van der Waals surface area contributed by atoms with Crippen molar-refractivity contribution in [3.8, 4) is 0 Å². The van der Waals surface area contributed by atoms with E-state index in [1.54, 1.807) is 11.8 Å². The number of aryl methyl sites for hydroxylation is 1. The van der Waals surface area contributed by atoms with Crippen molar-refractivity contribution in [2.75, 3.05) is 12.3 Å². The molecule has 0 saturated heterocycles. The highest BCUT2D eigenvalue weighted by Gasteiger charge is 2.23. The second-order valence-corrected chi connectivity index (χ2v) is 4.64. The van der Waals surface area contributed by atoms with Gasteiger partial charge in [0.2, 0.25) is 5.95 Å². The Morgan fingerprint density at radius 1 is 1.53 bits per heavy atom. The molecule has 0 aliphatic carbocycles. The third-order valence-corrected chi connectivity index (χ3v) is 3.61. The molecule has 0 aromatic carbocycles. The first kappa shape index (κ1) is 10.7. The third kappa shape index (κ3) is 2.23. The summed E-state index contributed by atoms with van der Waals surface area (Å²) in [6.07, 6.45) is 2.01. The van der Waals surface area contributed by atoms with Crippen molar-refractivity contribution in [2.24, 2.45) is 0 Å². The van der Waals surface area contributed by atoms with Crippen LogP contribution in [-0.2, 0) is 11.2 Å². The molecule has 4 nitrogen and oxygen atoms in total. The molecule has 0 spiro atoms. The first-order valence-electron chi connectivity index (χ1n) is 5.12. The Labute approximate surface area is 93.6 Å². The number of nitrogens with two attached hydrogens (primary N) is 1. The van der Waals surface area contributed by atoms with Crippen LogP contribution in [0.2, 0.25) is 0 Å². The second kappa shape index (κ2) is 4.37. The van der Waals surface area contributed by atoms with E-state index in [0.29, 0.717) is 5.95 Å². The lowest BCUT2D eigenvalue weighted by atomic mass is 10.1. The maximum atomic E-state index is 5.63. The molecule has 0 unspecified atom stereocenters. The lowest BCUT2D eigenvalue weighted by Crippen LogP contribution is -2.17. The van der Waals surface area contributed by atoms with Crippen molar-refractivity contribution in [3.63, 3.8) is 0 Å². The topological polar surface area (TPSA) is 61.0 Å². The quantitative estimate of drug-likeness (QED) is 0.777. The summed E-state index contributed by atoms with van der Waals surface area (Å²) < 4.78 is 5.58. The Balaban J connectivity index is 2.25. The number of anilines is 1. The van der Waals surface area contributed by atoms with Gasteiger partial charge in [-0.05, 0) is 26.7 Å². The fourth-order valence-electron chi connectivity index (χ4n) is 1.72. The summed E-state index contributed by atoms with van der Waals surface area (Å²) in [7, 11) is 0. The molecule has 0 radical (unpaired) electrons. The van der Waals surface area contributed by atoms with Gasteiger partial charge in [0, 0.05) is 17.9 Å². The minimum atomic E-state index is 0.219. The van der Waals surface area contributed by atoms with Crippen LogP contribution in [0, 0.1) is 6.92 Å². The summed E-state index contributed by atoms with van der Waals surface area (Å²) in [6, 6.07) is 0. The third-order valence-electron chi connectivity index (χ3n) is 2.42. The van der Waals surface area contributed by atoms with Gasteiger partial charge in [0.05, 0.1) is 0 Å². The zero-order chi connectivity index (χ0) is 10.8. The van der Waals surface area contributed by atoms with E-state index in [9.17, 15) is 0 Å². The maximum Gasteiger partial charge on any atom is 0.221 e. The van der Waals surface area contributed by atoms with E-state index in [1.165, 1.54) is 5.56 Å². The number of nitrogens with zero attached hydrogens (tertiary/aromatic N) is 2. The maximum absolute atomic E-state index is 5.63. The summed E-state index contributed by atoms with van der Waals surface area (Å²) in [4.78, 5) is 8.43. The summed E-state index contributed by atoms with van der Waals surface area (Å²) in [6.45, 7) is 4.74. The van der Waals surface area contributed by atoms with Crippen molar-refractivity contribution in [3.05, 3.63) is 11.3 Å². The summed E-state index contributed by atoms with van der Waals surface area (Å²) >= 11 is 1.66. The highest BCUT2D eigenvalue weighted by atomic mass is 32.2. The molecule has 1 aliphatic rings. The van der Waals surface area contributed by atoms with E-state index < -0.39 is 0 Å². The molecular weight excluding hydrogens is 210 g/mol. The molecular formula is C10H15N3OS. The molecule has 2 rings (SSSR count). The second-order valence-electron chi connectivity index (χ2n) is 3.49. The molecule has 5 heteroatoms. The van der Waals surface area contributed by atoms with Crippen molar-refractivity contribution in [1.82, 2.24) is 9.97 Å². The van der Waals surface area contributed by atoms with Crippen LogP contribution in [0.25, 0.3) is 0 Å². The Bertz CT molecular complexity index is 370. The van der Waals surface area contributed by atoms with Crippen LogP contribution in [0.3, 0.4) is 0 Å². The van der Waals surface area contributed by atoms with Gasteiger partial charge in [0.1, 0.15) is 10.5 Å². The van der Waals surface area contributed by atoms with Crippen LogP contribution in [0.4, 0.5) is 5.95 Å². The molecule has 82 valence electrons. The van der Waals surface area contributed by atoms with E-state index in [2.05, 4.69) is 9.97 Å². The molecule has 2 N–H and O–H groups in total. The number of nitrogen functional groups attached to an aromatic ring is 1. The normalized spacial score (nSPS) is 20.0. The number of thioether (sulfide) groups is 1. The Kier molecular flexibility index (Phi) is 3.11. The van der Waals surface area contributed by atoms with Crippen LogP contribution in [0.1, 0.15) is 24.6 Å². The predicted octanol–water partition coefficient (Wildman–Crippen LogP) is 1.77. The number of aromatic nitrogens is 2. The van der Waals surface area contributed by atoms with Crippen LogP contribution < -0.4 is 5.73 Å². The molecule has 1 atom stereocenters. The lowest BCUT2D eigenvalue weighted by Gasteiger charge is -2.23. The van der Waals surface area contributed by atoms with Gasteiger partial charge >= 0.3 is 0 Å². The molecule has 0 fully saturated rings. The van der Waals surface area contributed by atoms with E-state index in [0.717, 1.165) is 30.2 Å². The summed E-state index contributed by atoms with van der Waals surface area (Å²) in [5.41, 5.74) is 8.07. The first-order chi connectivity index (χ1) is 7.20. The van der Waals surface area contributed by atoms with E-state index in [4.69, 9.17) is 10.5 Å². The highest BCUT2D eigenvalue weighted by molar-refractivity contribution is 7.99. The Morgan fingerprint density at radius 3 is 3.07 bits per heavy atom. The standard InChI is InChI=1S/C10H15N3OS/c1-3-14-8-5-4-7-6(2)12-10(11)13-9(7)15-8/h8H,3-5H2,1-2H3,(H2,11,12,13)/t8-/m1/s1. The number of fused-ring (bicyclic) bond motifs is 1. The zero-order valence-corrected chi connectivity index (χ0v) is 9.80. The van der Waals surface area contributed by atoms with E-state index in [1.807, 2.05) is 13.8 Å². The Morgan fingerprint density at radius 2 is 2.33 bits per heavy atom. The van der Waals surface area contributed by atoms with Gasteiger partial charge in [0.25, 0.3) is 0 Å². The van der Waals surface area contributed by atoms with Gasteiger partial charge < -0.3 is 10.5 Å². The van der Waals surface area contributed by atoms with Crippen molar-refractivity contribution in [2.45, 2.75) is 37.2 Å². The molecule has 0 amide bonds. The minimum absolute atomic E-state index is 0.219. The molecule has 1 aromatic heterocycles. The van der Waals surface area contributed by atoms with Crippen molar-refractivity contribution < 1.29 is 4.74 Å². The van der Waals surface area contributed by atoms with E-state index in [-0.39, 0.29) is 5.44 Å². The van der Waals surface area contributed by atoms with Gasteiger partial charge in [-0.1, -0.05) is 11.8 Å². The number of rotatable bonds is 2. The van der Waals surface area contributed by atoms with Gasteiger partial charge in [0.15, 0.2) is 0 Å². The zero-order valence-electron chi connectivity index (χ0n) is 8.99. The monoisotopic (exact) mass is 225 g/mol. The molecule has 1 aliphatic heterocycles. The number of ether oxygens (including phenoxy) is 1. The highest BCUT2D eigenvalue weighted by Crippen LogP contribution is 2.35. The van der Waals surface area contributed by atoms with Gasteiger partial charge in [-0.25, -0.2) is 9.97 Å². The van der Waals surface area contributed by atoms with Crippen molar-refractivity contribution >= 4 is 17.7 Å². The SMILES string of the molecule is CCO[C@H]1CCc2c(C)nc(N)nc2S1. The van der Waals surface area contributed by atoms with Crippen LogP contribution >= 0.6 is 11.8 Å². The molecule has 2 heterocycles. The summed E-state index contributed by atoms with van der Waals surface area (Å²) in [5.74, 6) is 0.357. The van der Waals surface area contributed by atoms with Gasteiger partial charge in [-0.2, -0.15) is 0 Å². The van der Waals surface area contributed by atoms with Crippen LogP contribution in [-0.4, -0.2) is 22.0 Å². The fourth-order valence-corrected chi connectivity index (χ4v) is 2.95. The van der Waals surface area contributed by atoms with Crippen molar-refractivity contribution in [1.29, 1.82) is 0 Å². The molecule has 1 aromatic rings. The average molecular weight is 225 g/mol. The Hall–Kier alpha value is -0.810.